The van der Waals surface area contributed by atoms with Crippen LogP contribution >= 0.6 is 11.8 Å². The van der Waals surface area contributed by atoms with Gasteiger partial charge in [0.25, 0.3) is 0 Å². The summed E-state index contributed by atoms with van der Waals surface area (Å²) in [5, 5.41) is 3.64. The summed E-state index contributed by atoms with van der Waals surface area (Å²) in [6, 6.07) is 6.88. The van der Waals surface area contributed by atoms with Crippen LogP contribution in [0.15, 0.2) is 18.2 Å². The highest BCUT2D eigenvalue weighted by Gasteiger charge is 2.12. The average Bonchev–Trinajstić information content (AvgIpc) is 2.43. The van der Waals surface area contributed by atoms with Gasteiger partial charge in [0.15, 0.2) is 0 Å². The van der Waals surface area contributed by atoms with E-state index in [9.17, 15) is 0 Å². The number of nitrogens with one attached hydrogen (secondary N) is 1. The van der Waals surface area contributed by atoms with Gasteiger partial charge < -0.3 is 5.32 Å². The van der Waals surface area contributed by atoms with Gasteiger partial charge in [-0.05, 0) is 44.7 Å². The van der Waals surface area contributed by atoms with E-state index in [2.05, 4.69) is 37.4 Å². The van der Waals surface area contributed by atoms with E-state index in [1.807, 2.05) is 11.8 Å². The normalized spacial score (nSPS) is 16.5. The lowest BCUT2D eigenvalue weighted by molar-refractivity contribution is 0.345. The van der Waals surface area contributed by atoms with Crippen LogP contribution in [0.1, 0.15) is 48.8 Å². The Bertz CT molecular complexity index is 376. The molecule has 1 nitrogen and oxygen atoms in total. The van der Waals surface area contributed by atoms with E-state index in [0.29, 0.717) is 0 Å². The Morgan fingerprint density at radius 2 is 1.75 bits per heavy atom. The Morgan fingerprint density at radius 3 is 2.45 bits per heavy atom. The lowest BCUT2D eigenvalue weighted by Crippen LogP contribution is -2.26. The summed E-state index contributed by atoms with van der Waals surface area (Å²) in [5.41, 5.74) is 4.24. The molecule has 1 aliphatic carbocycles. The first kappa shape index (κ1) is 15.9. The highest BCUT2D eigenvalue weighted by molar-refractivity contribution is 7.98. The summed E-state index contributed by atoms with van der Waals surface area (Å²) < 4.78 is 0. The number of thioether (sulfide) groups is 1. The zero-order valence-electron chi connectivity index (χ0n) is 13.1. The van der Waals surface area contributed by atoms with Crippen LogP contribution in [-0.2, 0) is 5.75 Å². The molecule has 0 aliphatic heterocycles. The van der Waals surface area contributed by atoms with Crippen molar-refractivity contribution in [3.8, 4) is 0 Å². The van der Waals surface area contributed by atoms with Crippen molar-refractivity contribution in [2.24, 2.45) is 5.92 Å². The van der Waals surface area contributed by atoms with Crippen molar-refractivity contribution >= 4 is 11.8 Å². The summed E-state index contributed by atoms with van der Waals surface area (Å²) >= 11 is 2.05. The molecule has 0 atom stereocenters. The Balaban J connectivity index is 1.54. The SMILES string of the molecule is Cc1cc(C)cc(CSCCNCC2CCCCC2)c1. The zero-order chi connectivity index (χ0) is 14.2. The lowest BCUT2D eigenvalue weighted by atomic mass is 9.89. The van der Waals surface area contributed by atoms with Crippen LogP contribution in [0.3, 0.4) is 0 Å². The van der Waals surface area contributed by atoms with Crippen molar-refractivity contribution in [1.29, 1.82) is 0 Å². The highest BCUT2D eigenvalue weighted by atomic mass is 32.2. The summed E-state index contributed by atoms with van der Waals surface area (Å²) in [5.74, 6) is 3.32. The fourth-order valence-electron chi connectivity index (χ4n) is 3.18. The molecule has 112 valence electrons. The van der Waals surface area contributed by atoms with Crippen molar-refractivity contribution in [2.75, 3.05) is 18.8 Å². The third-order valence-corrected chi connectivity index (χ3v) is 5.16. The molecule has 0 unspecified atom stereocenters. The number of aryl methyl sites for hydroxylation is 2. The van der Waals surface area contributed by atoms with Crippen LogP contribution in [0, 0.1) is 19.8 Å². The van der Waals surface area contributed by atoms with Gasteiger partial charge in [0.1, 0.15) is 0 Å². The Hall–Kier alpha value is -0.470. The standard InChI is InChI=1S/C18H29NS/c1-15-10-16(2)12-18(11-15)14-20-9-8-19-13-17-6-4-3-5-7-17/h10-12,17,19H,3-9,13-14H2,1-2H3. The first-order valence-electron chi connectivity index (χ1n) is 8.09. The van der Waals surface area contributed by atoms with Crippen LogP contribution in [0.5, 0.6) is 0 Å². The van der Waals surface area contributed by atoms with Crippen LogP contribution in [0.2, 0.25) is 0 Å². The fraction of sp³-hybridized carbons (Fsp3) is 0.667. The van der Waals surface area contributed by atoms with Crippen molar-refractivity contribution in [3.05, 3.63) is 34.9 Å². The van der Waals surface area contributed by atoms with E-state index in [1.54, 1.807) is 0 Å². The molecule has 0 radical (unpaired) electrons. The number of hydrogen-bond donors (Lipinski definition) is 1. The van der Waals surface area contributed by atoms with Gasteiger partial charge >= 0.3 is 0 Å². The minimum absolute atomic E-state index is 0.952. The molecule has 2 rings (SSSR count). The molecule has 20 heavy (non-hydrogen) atoms. The highest BCUT2D eigenvalue weighted by Crippen LogP contribution is 2.22. The molecule has 0 saturated heterocycles. The average molecular weight is 292 g/mol. The van der Waals surface area contributed by atoms with Crippen LogP contribution in [-0.4, -0.2) is 18.8 Å². The second kappa shape index (κ2) is 8.74. The molecular formula is C18H29NS. The van der Waals surface area contributed by atoms with Gasteiger partial charge in [-0.25, -0.2) is 0 Å². The molecule has 1 aromatic rings. The monoisotopic (exact) mass is 291 g/mol. The topological polar surface area (TPSA) is 12.0 Å². The minimum atomic E-state index is 0.952. The molecule has 1 saturated carbocycles. The van der Waals surface area contributed by atoms with E-state index in [1.165, 1.54) is 61.1 Å². The molecule has 0 bridgehead atoms. The largest absolute Gasteiger partial charge is 0.316 e. The Morgan fingerprint density at radius 1 is 1.05 bits per heavy atom. The maximum atomic E-state index is 3.64. The predicted molar refractivity (Wildman–Crippen MR) is 91.5 cm³/mol. The van der Waals surface area contributed by atoms with Gasteiger partial charge in [-0.1, -0.05) is 48.6 Å². The van der Waals surface area contributed by atoms with E-state index in [-0.39, 0.29) is 0 Å². The van der Waals surface area contributed by atoms with E-state index < -0.39 is 0 Å². The molecule has 0 amide bonds. The molecule has 0 spiro atoms. The molecule has 0 aromatic heterocycles. The lowest BCUT2D eigenvalue weighted by Gasteiger charge is -2.21. The molecule has 1 fully saturated rings. The number of rotatable bonds is 7. The first-order valence-corrected chi connectivity index (χ1v) is 9.25. The van der Waals surface area contributed by atoms with E-state index in [4.69, 9.17) is 0 Å². The molecule has 1 aromatic carbocycles. The first-order chi connectivity index (χ1) is 9.74. The van der Waals surface area contributed by atoms with Crippen molar-refractivity contribution in [3.63, 3.8) is 0 Å². The van der Waals surface area contributed by atoms with Gasteiger partial charge in [-0.3, -0.25) is 0 Å². The smallest absolute Gasteiger partial charge is 0.0185 e. The van der Waals surface area contributed by atoms with E-state index in [0.717, 1.165) is 18.2 Å². The minimum Gasteiger partial charge on any atom is -0.316 e. The molecule has 1 N–H and O–H groups in total. The van der Waals surface area contributed by atoms with E-state index >= 15 is 0 Å². The van der Waals surface area contributed by atoms with Crippen molar-refractivity contribution in [2.45, 2.75) is 51.7 Å². The number of hydrogen-bond acceptors (Lipinski definition) is 2. The van der Waals surface area contributed by atoms with Gasteiger partial charge in [-0.15, -0.1) is 0 Å². The van der Waals surface area contributed by atoms with Crippen LogP contribution < -0.4 is 5.32 Å². The predicted octanol–water partition coefficient (Wildman–Crippen LogP) is 4.71. The third-order valence-electron chi connectivity index (χ3n) is 4.13. The van der Waals surface area contributed by atoms with Crippen molar-refractivity contribution in [1.82, 2.24) is 5.32 Å². The second-order valence-corrected chi connectivity index (χ2v) is 7.36. The summed E-state index contributed by atoms with van der Waals surface area (Å²) in [6.45, 7) is 6.77. The Kier molecular flexibility index (Phi) is 6.95. The molecule has 2 heteroatoms. The molecule has 1 aliphatic rings. The quantitative estimate of drug-likeness (QED) is 0.730. The second-order valence-electron chi connectivity index (χ2n) is 6.26. The zero-order valence-corrected chi connectivity index (χ0v) is 13.9. The molecular weight excluding hydrogens is 262 g/mol. The maximum absolute atomic E-state index is 3.64. The van der Waals surface area contributed by atoms with Crippen LogP contribution in [0.4, 0.5) is 0 Å². The maximum Gasteiger partial charge on any atom is 0.0185 e. The van der Waals surface area contributed by atoms with Gasteiger partial charge in [0.05, 0.1) is 0 Å². The van der Waals surface area contributed by atoms with Gasteiger partial charge in [-0.2, -0.15) is 11.8 Å². The fourth-order valence-corrected chi connectivity index (χ4v) is 4.02. The summed E-state index contributed by atoms with van der Waals surface area (Å²) in [7, 11) is 0. The van der Waals surface area contributed by atoms with Crippen molar-refractivity contribution < 1.29 is 0 Å². The van der Waals surface area contributed by atoms with Gasteiger partial charge in [0.2, 0.25) is 0 Å². The summed E-state index contributed by atoms with van der Waals surface area (Å²) in [6.07, 6.45) is 7.26. The Labute approximate surface area is 128 Å². The number of benzene rings is 1. The van der Waals surface area contributed by atoms with Gasteiger partial charge in [0, 0.05) is 18.1 Å². The van der Waals surface area contributed by atoms with Crippen LogP contribution in [0.25, 0.3) is 0 Å². The third kappa shape index (κ3) is 5.88. The molecule has 0 heterocycles. The summed E-state index contributed by atoms with van der Waals surface area (Å²) in [4.78, 5) is 0.